The van der Waals surface area contributed by atoms with E-state index in [9.17, 15) is 4.79 Å². The maximum atomic E-state index is 12.3. The molecule has 4 rings (SSSR count). The van der Waals surface area contributed by atoms with Crippen molar-refractivity contribution in [1.82, 2.24) is 15.4 Å². The van der Waals surface area contributed by atoms with Gasteiger partial charge in [-0.1, -0.05) is 29.3 Å². The Hall–Kier alpha value is -3.43. The Morgan fingerprint density at radius 3 is 2.70 bits per heavy atom. The molecule has 0 spiro atoms. The third-order valence-corrected chi connectivity index (χ3v) is 4.80. The lowest BCUT2D eigenvalue weighted by molar-refractivity contribution is 0.0962. The van der Waals surface area contributed by atoms with Crippen LogP contribution in [-0.2, 0) is 6.54 Å². The molecule has 11 heteroatoms. The van der Waals surface area contributed by atoms with Gasteiger partial charge in [-0.2, -0.15) is 0 Å². The summed E-state index contributed by atoms with van der Waals surface area (Å²) in [4.78, 5) is 20.5. The van der Waals surface area contributed by atoms with Crippen LogP contribution in [0.4, 0.5) is 17.3 Å². The molecule has 1 aliphatic rings. The van der Waals surface area contributed by atoms with Gasteiger partial charge in [0, 0.05) is 11.6 Å². The van der Waals surface area contributed by atoms with Crippen LogP contribution in [0.25, 0.3) is 0 Å². The molecule has 1 amide bonds. The number of nitrogens with zero attached hydrogens (tertiary/aromatic N) is 2. The van der Waals surface area contributed by atoms with Crippen LogP contribution in [0.15, 0.2) is 42.7 Å². The second kappa shape index (κ2) is 8.52. The van der Waals surface area contributed by atoms with Gasteiger partial charge in [0.1, 0.15) is 12.0 Å². The first-order valence-electron chi connectivity index (χ1n) is 8.75. The van der Waals surface area contributed by atoms with Gasteiger partial charge in [-0.05, 0) is 35.9 Å². The SMILES string of the molecule is Nc1c(NCc2ccc3c(c2)OCO3)ncnc1NNC(=O)c1ccc(Cl)cc1Cl. The molecule has 0 radical (unpaired) electrons. The fourth-order valence-electron chi connectivity index (χ4n) is 2.73. The number of anilines is 3. The molecule has 1 aromatic heterocycles. The molecule has 3 aromatic rings. The van der Waals surface area contributed by atoms with Crippen LogP contribution >= 0.6 is 23.2 Å². The minimum absolute atomic E-state index is 0.215. The van der Waals surface area contributed by atoms with Gasteiger partial charge in [-0.25, -0.2) is 9.97 Å². The molecule has 5 N–H and O–H groups in total. The minimum atomic E-state index is -0.468. The highest BCUT2D eigenvalue weighted by molar-refractivity contribution is 6.36. The number of hydrogen-bond donors (Lipinski definition) is 4. The Morgan fingerprint density at radius 2 is 1.87 bits per heavy atom. The Bertz CT molecular complexity index is 1110. The highest BCUT2D eigenvalue weighted by Crippen LogP contribution is 2.33. The summed E-state index contributed by atoms with van der Waals surface area (Å²) < 4.78 is 10.7. The van der Waals surface area contributed by atoms with Crippen molar-refractivity contribution in [2.24, 2.45) is 0 Å². The number of nitrogens with one attached hydrogen (secondary N) is 3. The molecule has 0 unspecified atom stereocenters. The maximum Gasteiger partial charge on any atom is 0.271 e. The van der Waals surface area contributed by atoms with Gasteiger partial charge in [0.25, 0.3) is 5.91 Å². The van der Waals surface area contributed by atoms with E-state index in [1.165, 1.54) is 18.5 Å². The third kappa shape index (κ3) is 4.27. The summed E-state index contributed by atoms with van der Waals surface area (Å²) >= 11 is 11.9. The Morgan fingerprint density at radius 1 is 1.07 bits per heavy atom. The van der Waals surface area contributed by atoms with E-state index in [0.717, 1.165) is 5.56 Å². The number of hydrazine groups is 1. The first-order chi connectivity index (χ1) is 14.5. The lowest BCUT2D eigenvalue weighted by atomic mass is 10.2. The molecule has 1 aliphatic heterocycles. The molecule has 0 bridgehead atoms. The van der Waals surface area contributed by atoms with Crippen LogP contribution in [0.3, 0.4) is 0 Å². The summed E-state index contributed by atoms with van der Waals surface area (Å²) in [5, 5.41) is 3.79. The molecule has 0 saturated carbocycles. The molecule has 0 atom stereocenters. The van der Waals surface area contributed by atoms with E-state index >= 15 is 0 Å². The summed E-state index contributed by atoms with van der Waals surface area (Å²) in [5.41, 5.74) is 12.8. The van der Waals surface area contributed by atoms with Crippen molar-refractivity contribution >= 4 is 46.4 Å². The van der Waals surface area contributed by atoms with Crippen LogP contribution in [0.2, 0.25) is 10.0 Å². The van der Waals surface area contributed by atoms with E-state index in [1.54, 1.807) is 6.07 Å². The zero-order valence-corrected chi connectivity index (χ0v) is 16.9. The summed E-state index contributed by atoms with van der Waals surface area (Å²) in [6.07, 6.45) is 1.32. The fourth-order valence-corrected chi connectivity index (χ4v) is 3.22. The number of amides is 1. The number of carbonyl (C=O) groups excluding carboxylic acids is 1. The largest absolute Gasteiger partial charge is 0.454 e. The van der Waals surface area contributed by atoms with Gasteiger partial charge in [0.15, 0.2) is 23.1 Å². The molecule has 154 valence electrons. The van der Waals surface area contributed by atoms with Gasteiger partial charge in [-0.3, -0.25) is 15.6 Å². The van der Waals surface area contributed by atoms with E-state index in [1.807, 2.05) is 18.2 Å². The maximum absolute atomic E-state index is 12.3. The smallest absolute Gasteiger partial charge is 0.271 e. The van der Waals surface area contributed by atoms with E-state index in [4.69, 9.17) is 38.4 Å². The predicted molar refractivity (Wildman–Crippen MR) is 114 cm³/mol. The van der Waals surface area contributed by atoms with Crippen molar-refractivity contribution in [2.75, 3.05) is 23.3 Å². The average Bonchev–Trinajstić information content (AvgIpc) is 3.20. The number of hydrogen-bond acceptors (Lipinski definition) is 8. The Balaban J connectivity index is 1.40. The lowest BCUT2D eigenvalue weighted by Gasteiger charge is -2.13. The molecular formula is C19H16Cl2N6O3. The number of halogens is 2. The molecule has 2 aromatic carbocycles. The van der Waals surface area contributed by atoms with Gasteiger partial charge in [0.2, 0.25) is 6.79 Å². The summed E-state index contributed by atoms with van der Waals surface area (Å²) in [6.45, 7) is 0.664. The predicted octanol–water partition coefficient (Wildman–Crippen LogP) is 3.46. The van der Waals surface area contributed by atoms with Crippen molar-refractivity contribution in [2.45, 2.75) is 6.54 Å². The monoisotopic (exact) mass is 446 g/mol. The number of carbonyl (C=O) groups is 1. The number of fused-ring (bicyclic) bond motifs is 1. The first-order valence-corrected chi connectivity index (χ1v) is 9.51. The van der Waals surface area contributed by atoms with E-state index < -0.39 is 5.91 Å². The highest BCUT2D eigenvalue weighted by Gasteiger charge is 2.15. The van der Waals surface area contributed by atoms with Crippen LogP contribution < -0.4 is 31.4 Å². The Kier molecular flexibility index (Phi) is 5.64. The Labute approximate surface area is 181 Å². The van der Waals surface area contributed by atoms with E-state index in [0.29, 0.717) is 28.9 Å². The normalized spacial score (nSPS) is 11.8. The van der Waals surface area contributed by atoms with Gasteiger partial charge < -0.3 is 20.5 Å². The summed E-state index contributed by atoms with van der Waals surface area (Å²) in [5.74, 6) is 1.57. The zero-order valence-electron chi connectivity index (χ0n) is 15.4. The van der Waals surface area contributed by atoms with Crippen LogP contribution in [0, 0.1) is 0 Å². The standard InChI is InChI=1S/C19H16Cl2N6O3/c20-11-2-3-12(13(21)6-11)19(28)27-26-18-16(22)17(24-8-25-18)23-7-10-1-4-14-15(5-10)30-9-29-14/h1-6,8H,7,9,22H2,(H,27,28)(H2,23,24,25,26). The quantitative estimate of drug-likeness (QED) is 0.424. The molecule has 0 saturated heterocycles. The topological polar surface area (TPSA) is 123 Å². The fraction of sp³-hybridized carbons (Fsp3) is 0.105. The van der Waals surface area contributed by atoms with Crippen molar-refractivity contribution in [3.63, 3.8) is 0 Å². The molecule has 9 nitrogen and oxygen atoms in total. The number of benzene rings is 2. The average molecular weight is 447 g/mol. The second-order valence-corrected chi connectivity index (χ2v) is 7.07. The van der Waals surface area contributed by atoms with Crippen molar-refractivity contribution < 1.29 is 14.3 Å². The molecule has 30 heavy (non-hydrogen) atoms. The minimum Gasteiger partial charge on any atom is -0.454 e. The number of aromatic nitrogens is 2. The number of nitrogen functional groups attached to an aromatic ring is 1. The number of nitrogens with two attached hydrogens (primary N) is 1. The third-order valence-electron chi connectivity index (χ3n) is 4.25. The van der Waals surface area contributed by atoms with Crippen molar-refractivity contribution in [3.05, 3.63) is 63.9 Å². The second-order valence-electron chi connectivity index (χ2n) is 6.23. The lowest BCUT2D eigenvalue weighted by Crippen LogP contribution is -2.30. The molecular weight excluding hydrogens is 431 g/mol. The van der Waals surface area contributed by atoms with Crippen LogP contribution in [-0.4, -0.2) is 22.7 Å². The first kappa shape index (κ1) is 19.9. The number of rotatable bonds is 6. The van der Waals surface area contributed by atoms with Crippen LogP contribution in [0.5, 0.6) is 11.5 Å². The van der Waals surface area contributed by atoms with Gasteiger partial charge >= 0.3 is 0 Å². The molecule has 0 fully saturated rings. The van der Waals surface area contributed by atoms with Crippen molar-refractivity contribution in [1.29, 1.82) is 0 Å². The van der Waals surface area contributed by atoms with Gasteiger partial charge in [-0.15, -0.1) is 0 Å². The zero-order chi connectivity index (χ0) is 21.1. The molecule has 0 aliphatic carbocycles. The van der Waals surface area contributed by atoms with Gasteiger partial charge in [0.05, 0.1) is 10.6 Å². The van der Waals surface area contributed by atoms with E-state index in [-0.39, 0.29) is 28.9 Å². The highest BCUT2D eigenvalue weighted by atomic mass is 35.5. The summed E-state index contributed by atoms with van der Waals surface area (Å²) in [7, 11) is 0. The number of ether oxygens (including phenoxy) is 2. The summed E-state index contributed by atoms with van der Waals surface area (Å²) in [6, 6.07) is 10.2. The molecule has 2 heterocycles. The van der Waals surface area contributed by atoms with Crippen LogP contribution in [0.1, 0.15) is 15.9 Å². The van der Waals surface area contributed by atoms with E-state index in [2.05, 4.69) is 26.1 Å². The van der Waals surface area contributed by atoms with Crippen molar-refractivity contribution in [3.8, 4) is 11.5 Å².